The molecule has 1 fully saturated rings. The van der Waals surface area contributed by atoms with E-state index >= 15 is 0 Å². The summed E-state index contributed by atoms with van der Waals surface area (Å²) in [4.78, 5) is 22.6. The van der Waals surface area contributed by atoms with E-state index in [2.05, 4.69) is 51.5 Å². The molecule has 5 aromatic rings. The summed E-state index contributed by atoms with van der Waals surface area (Å²) in [6, 6.07) is 23.6. The number of methoxy groups -OCH3 is 1. The molecule has 2 aromatic heterocycles. The number of rotatable bonds is 4. The fourth-order valence-electron chi connectivity index (χ4n) is 5.09. The van der Waals surface area contributed by atoms with Crippen molar-refractivity contribution in [2.75, 3.05) is 31.6 Å². The summed E-state index contributed by atoms with van der Waals surface area (Å²) in [6.07, 6.45) is 0. The lowest BCUT2D eigenvalue weighted by Crippen LogP contribution is -2.54. The summed E-state index contributed by atoms with van der Waals surface area (Å²) >= 11 is 0. The first-order chi connectivity index (χ1) is 18.0. The molecule has 0 N–H and O–H groups in total. The maximum absolute atomic E-state index is 13.3. The summed E-state index contributed by atoms with van der Waals surface area (Å²) in [5, 5.41) is 10.2. The number of hydrogen-bond donors (Lipinski definition) is 0. The van der Waals surface area contributed by atoms with E-state index in [-0.39, 0.29) is 11.9 Å². The van der Waals surface area contributed by atoms with Crippen molar-refractivity contribution in [1.29, 1.82) is 0 Å². The van der Waals surface area contributed by atoms with E-state index in [1.165, 1.54) is 0 Å². The highest BCUT2D eigenvalue weighted by Crippen LogP contribution is 2.30. The molecule has 0 radical (unpaired) electrons. The van der Waals surface area contributed by atoms with E-state index in [1.54, 1.807) is 7.11 Å². The van der Waals surface area contributed by atoms with Gasteiger partial charge in [-0.25, -0.2) is 9.38 Å². The highest BCUT2D eigenvalue weighted by atomic mass is 16.5. The predicted octanol–water partition coefficient (Wildman–Crippen LogP) is 4.61. The fraction of sp³-hybridized carbons (Fsp3) is 0.241. The Balaban J connectivity index is 1.38. The number of benzene rings is 3. The molecule has 6 rings (SSSR count). The standard InChI is InChI=1S/C29H28N6O2/c1-19-7-6-8-22(17-19)26-31-32-27-24-9-4-5-10-25(24)30-29(35(26)27)33-15-16-34(20(2)18-33)28(36)21-11-13-23(37-3)14-12-21/h4-14,17,20H,15-16,18H2,1-3H3. The molecule has 8 nitrogen and oxygen atoms in total. The van der Waals surface area contributed by atoms with Crippen molar-refractivity contribution in [2.24, 2.45) is 0 Å². The Morgan fingerprint density at radius 1 is 0.973 bits per heavy atom. The number of aromatic nitrogens is 4. The number of nitrogens with zero attached hydrogens (tertiary/aromatic N) is 6. The molecule has 0 aliphatic carbocycles. The first kappa shape index (κ1) is 23.0. The quantitative estimate of drug-likeness (QED) is 0.365. The lowest BCUT2D eigenvalue weighted by molar-refractivity contribution is 0.0673. The molecular weight excluding hydrogens is 464 g/mol. The maximum Gasteiger partial charge on any atom is 0.254 e. The van der Waals surface area contributed by atoms with Gasteiger partial charge in [0.25, 0.3) is 5.91 Å². The highest BCUT2D eigenvalue weighted by Gasteiger charge is 2.31. The van der Waals surface area contributed by atoms with Gasteiger partial charge in [-0.3, -0.25) is 4.79 Å². The first-order valence-electron chi connectivity index (χ1n) is 12.4. The third kappa shape index (κ3) is 4.04. The molecule has 8 heteroatoms. The molecule has 3 aromatic carbocycles. The van der Waals surface area contributed by atoms with Gasteiger partial charge in [-0.05, 0) is 56.3 Å². The van der Waals surface area contributed by atoms with Crippen LogP contribution in [0.15, 0.2) is 72.8 Å². The molecule has 3 heterocycles. The van der Waals surface area contributed by atoms with E-state index in [4.69, 9.17) is 9.72 Å². The summed E-state index contributed by atoms with van der Waals surface area (Å²) in [5.74, 6) is 2.31. The molecule has 1 aliphatic rings. The average Bonchev–Trinajstić information content (AvgIpc) is 3.38. The van der Waals surface area contributed by atoms with Crippen LogP contribution in [0.3, 0.4) is 0 Å². The van der Waals surface area contributed by atoms with Crippen molar-refractivity contribution in [3.8, 4) is 17.1 Å². The van der Waals surface area contributed by atoms with E-state index in [0.717, 1.165) is 45.2 Å². The Morgan fingerprint density at radius 3 is 2.54 bits per heavy atom. The number of fused-ring (bicyclic) bond motifs is 3. The van der Waals surface area contributed by atoms with Crippen LogP contribution < -0.4 is 9.64 Å². The number of aryl methyl sites for hydroxylation is 1. The van der Waals surface area contributed by atoms with Gasteiger partial charge in [0, 0.05) is 42.2 Å². The minimum Gasteiger partial charge on any atom is -0.497 e. The number of ether oxygens (including phenoxy) is 1. The Bertz CT molecular complexity index is 1610. The molecule has 0 saturated carbocycles. The van der Waals surface area contributed by atoms with Gasteiger partial charge in [-0.15, -0.1) is 10.2 Å². The molecule has 37 heavy (non-hydrogen) atoms. The Kier molecular flexibility index (Phi) is 5.71. The van der Waals surface area contributed by atoms with Crippen LogP contribution in [-0.2, 0) is 0 Å². The third-order valence-corrected chi connectivity index (χ3v) is 7.01. The number of anilines is 1. The molecule has 1 amide bonds. The molecule has 1 saturated heterocycles. The zero-order chi connectivity index (χ0) is 25.5. The number of carbonyl (C=O) groups excluding carboxylic acids is 1. The molecule has 0 bridgehead atoms. The van der Waals surface area contributed by atoms with Crippen molar-refractivity contribution in [1.82, 2.24) is 24.5 Å². The summed E-state index contributed by atoms with van der Waals surface area (Å²) in [5.41, 5.74) is 4.46. The smallest absolute Gasteiger partial charge is 0.254 e. The second-order valence-corrected chi connectivity index (χ2v) is 9.50. The van der Waals surface area contributed by atoms with E-state index in [1.807, 2.05) is 59.5 Å². The Labute approximate surface area is 215 Å². The third-order valence-electron chi connectivity index (χ3n) is 7.01. The van der Waals surface area contributed by atoms with Gasteiger partial charge in [-0.1, -0.05) is 35.9 Å². The Hall–Kier alpha value is -4.46. The van der Waals surface area contributed by atoms with Crippen LogP contribution in [0.4, 0.5) is 5.95 Å². The van der Waals surface area contributed by atoms with Crippen molar-refractivity contribution in [3.05, 3.63) is 83.9 Å². The number of hydrogen-bond acceptors (Lipinski definition) is 6. The predicted molar refractivity (Wildman–Crippen MR) is 144 cm³/mol. The van der Waals surface area contributed by atoms with Crippen molar-refractivity contribution in [2.45, 2.75) is 19.9 Å². The van der Waals surface area contributed by atoms with Crippen LogP contribution in [0.2, 0.25) is 0 Å². The van der Waals surface area contributed by atoms with Gasteiger partial charge in [0.15, 0.2) is 11.5 Å². The van der Waals surface area contributed by atoms with Crippen LogP contribution in [0.5, 0.6) is 5.75 Å². The van der Waals surface area contributed by atoms with Gasteiger partial charge in [0.1, 0.15) is 5.75 Å². The highest BCUT2D eigenvalue weighted by molar-refractivity contribution is 5.95. The van der Waals surface area contributed by atoms with E-state index < -0.39 is 0 Å². The van der Waals surface area contributed by atoms with Gasteiger partial charge >= 0.3 is 0 Å². The molecule has 1 aliphatic heterocycles. The largest absolute Gasteiger partial charge is 0.497 e. The lowest BCUT2D eigenvalue weighted by atomic mass is 10.1. The average molecular weight is 493 g/mol. The second-order valence-electron chi connectivity index (χ2n) is 9.50. The van der Waals surface area contributed by atoms with Gasteiger partial charge in [0.2, 0.25) is 5.95 Å². The van der Waals surface area contributed by atoms with Crippen LogP contribution in [0, 0.1) is 6.92 Å². The molecule has 186 valence electrons. The molecule has 1 atom stereocenters. The van der Waals surface area contributed by atoms with Gasteiger partial charge in [0.05, 0.1) is 12.6 Å². The monoisotopic (exact) mass is 492 g/mol. The lowest BCUT2D eigenvalue weighted by Gasteiger charge is -2.40. The van der Waals surface area contributed by atoms with Crippen LogP contribution in [-0.4, -0.2) is 63.2 Å². The normalized spacial score (nSPS) is 15.9. The molecule has 1 unspecified atom stereocenters. The fourth-order valence-corrected chi connectivity index (χ4v) is 5.09. The molecular formula is C29H28N6O2. The van der Waals surface area contributed by atoms with E-state index in [0.29, 0.717) is 25.2 Å². The topological polar surface area (TPSA) is 75.9 Å². The van der Waals surface area contributed by atoms with Gasteiger partial charge < -0.3 is 14.5 Å². The zero-order valence-electron chi connectivity index (χ0n) is 21.1. The van der Waals surface area contributed by atoms with Crippen LogP contribution in [0.25, 0.3) is 27.9 Å². The second kappa shape index (κ2) is 9.20. The Morgan fingerprint density at radius 2 is 1.78 bits per heavy atom. The van der Waals surface area contributed by atoms with Crippen LogP contribution >= 0.6 is 0 Å². The number of piperazine rings is 1. The SMILES string of the molecule is COc1ccc(C(=O)N2CCN(c3nc4ccccc4c4nnc(-c5cccc(C)c5)n34)CC2C)cc1. The maximum atomic E-state index is 13.3. The zero-order valence-corrected chi connectivity index (χ0v) is 21.1. The first-order valence-corrected chi connectivity index (χ1v) is 12.4. The molecule has 0 spiro atoms. The minimum absolute atomic E-state index is 0.00873. The van der Waals surface area contributed by atoms with Crippen molar-refractivity contribution < 1.29 is 9.53 Å². The van der Waals surface area contributed by atoms with Gasteiger partial charge in [-0.2, -0.15) is 0 Å². The summed E-state index contributed by atoms with van der Waals surface area (Å²) < 4.78 is 7.29. The van der Waals surface area contributed by atoms with Crippen LogP contribution in [0.1, 0.15) is 22.8 Å². The van der Waals surface area contributed by atoms with Crippen molar-refractivity contribution in [3.63, 3.8) is 0 Å². The summed E-state index contributed by atoms with van der Waals surface area (Å²) in [7, 11) is 1.62. The number of para-hydroxylation sites is 1. The number of amides is 1. The van der Waals surface area contributed by atoms with Crippen molar-refractivity contribution >= 4 is 28.4 Å². The van der Waals surface area contributed by atoms with E-state index in [9.17, 15) is 4.79 Å². The summed E-state index contributed by atoms with van der Waals surface area (Å²) in [6.45, 7) is 6.04. The number of carbonyl (C=O) groups is 1. The minimum atomic E-state index is -0.00873.